The zero-order chi connectivity index (χ0) is 15.1. The van der Waals surface area contributed by atoms with Gasteiger partial charge in [0.1, 0.15) is 0 Å². The quantitative estimate of drug-likeness (QED) is 0.315. The molecule has 2 aromatic rings. The summed E-state index contributed by atoms with van der Waals surface area (Å²) in [6.07, 6.45) is 1.13. The molecule has 0 bridgehead atoms. The van der Waals surface area contributed by atoms with Crippen molar-refractivity contribution < 1.29 is 0 Å². The maximum Gasteiger partial charge on any atom is 0.174 e. The van der Waals surface area contributed by atoms with Crippen LogP contribution >= 0.6 is 0 Å². The number of hydrogen-bond acceptors (Lipinski definition) is 3. The van der Waals surface area contributed by atoms with E-state index in [0.29, 0.717) is 5.56 Å². The summed E-state index contributed by atoms with van der Waals surface area (Å²) in [6.45, 7) is 4.04. The van der Waals surface area contributed by atoms with E-state index in [9.17, 15) is 0 Å². The minimum Gasteiger partial charge on any atom is -0.313 e. The molecule has 0 aromatic heterocycles. The minimum atomic E-state index is -0.0145. The number of amidine groups is 1. The van der Waals surface area contributed by atoms with E-state index in [1.54, 1.807) is 0 Å². The van der Waals surface area contributed by atoms with E-state index < -0.39 is 0 Å². The Morgan fingerprint density at radius 3 is 2.48 bits per heavy atom. The first-order chi connectivity index (χ1) is 10.3. The Kier molecular flexibility index (Phi) is 5.35. The van der Waals surface area contributed by atoms with Crippen LogP contribution in [0.2, 0.25) is 0 Å². The van der Waals surface area contributed by atoms with Crippen LogP contribution in [0.5, 0.6) is 0 Å². The third kappa shape index (κ3) is 3.83. The molecule has 0 aliphatic heterocycles. The molecular formula is C17H20N4. The summed E-state index contributed by atoms with van der Waals surface area (Å²) in [5, 5.41) is 14.4. The zero-order valence-electron chi connectivity index (χ0n) is 12.2. The standard InChI is InChI=1S/C17H20N4/c1-2-11-20-12-13-7-9-14(10-8-13)15-5-3-4-6-16(15)17(18)21-19/h3-10,18-20H,2,11-12H2,1H3. The van der Waals surface area contributed by atoms with Crippen molar-refractivity contribution in [2.45, 2.75) is 19.9 Å². The monoisotopic (exact) mass is 280 g/mol. The Morgan fingerprint density at radius 2 is 1.81 bits per heavy atom. The predicted molar refractivity (Wildman–Crippen MR) is 85.9 cm³/mol. The summed E-state index contributed by atoms with van der Waals surface area (Å²) in [6, 6.07) is 15.9. The molecule has 0 atom stereocenters. The van der Waals surface area contributed by atoms with Crippen LogP contribution < -0.4 is 5.32 Å². The Hall–Kier alpha value is -2.33. The highest BCUT2D eigenvalue weighted by Gasteiger charge is 2.08. The van der Waals surface area contributed by atoms with Crippen molar-refractivity contribution in [1.82, 2.24) is 5.32 Å². The van der Waals surface area contributed by atoms with Crippen molar-refractivity contribution in [3.63, 3.8) is 0 Å². The van der Waals surface area contributed by atoms with Gasteiger partial charge in [-0.25, -0.2) is 5.53 Å². The molecule has 0 saturated heterocycles. The topological polar surface area (TPSA) is 72.1 Å². The molecule has 108 valence electrons. The highest BCUT2D eigenvalue weighted by Crippen LogP contribution is 2.24. The predicted octanol–water partition coefficient (Wildman–Crippen LogP) is 4.21. The molecule has 4 nitrogen and oxygen atoms in total. The maximum atomic E-state index is 7.76. The van der Waals surface area contributed by atoms with E-state index in [4.69, 9.17) is 10.9 Å². The molecule has 4 heteroatoms. The fourth-order valence-corrected chi connectivity index (χ4v) is 2.21. The molecular weight excluding hydrogens is 260 g/mol. The Morgan fingerprint density at radius 1 is 1.10 bits per heavy atom. The molecule has 0 unspecified atom stereocenters. The van der Waals surface area contributed by atoms with Crippen LogP contribution in [0.15, 0.2) is 53.6 Å². The van der Waals surface area contributed by atoms with Crippen molar-refractivity contribution in [3.05, 3.63) is 59.7 Å². The summed E-state index contributed by atoms with van der Waals surface area (Å²) in [4.78, 5) is 0. The van der Waals surface area contributed by atoms with Crippen LogP contribution in [-0.2, 0) is 6.54 Å². The Bertz CT molecular complexity index is 617. The van der Waals surface area contributed by atoms with Crippen LogP contribution in [0, 0.1) is 10.9 Å². The molecule has 2 rings (SSSR count). The first-order valence-electron chi connectivity index (χ1n) is 7.11. The van der Waals surface area contributed by atoms with Crippen LogP contribution in [0.4, 0.5) is 0 Å². The average Bonchev–Trinajstić information content (AvgIpc) is 2.55. The average molecular weight is 280 g/mol. The highest BCUT2D eigenvalue weighted by atomic mass is 15.0. The molecule has 0 radical (unpaired) electrons. The van der Waals surface area contributed by atoms with Gasteiger partial charge in [0.15, 0.2) is 5.84 Å². The molecule has 0 saturated carbocycles. The van der Waals surface area contributed by atoms with E-state index in [0.717, 1.165) is 30.6 Å². The van der Waals surface area contributed by atoms with E-state index in [1.807, 2.05) is 24.3 Å². The van der Waals surface area contributed by atoms with Gasteiger partial charge in [0.25, 0.3) is 0 Å². The third-order valence-electron chi connectivity index (χ3n) is 3.31. The lowest BCUT2D eigenvalue weighted by molar-refractivity contribution is 0.675. The van der Waals surface area contributed by atoms with Gasteiger partial charge in [-0.15, -0.1) is 5.11 Å². The molecule has 0 heterocycles. The van der Waals surface area contributed by atoms with Crippen molar-refractivity contribution >= 4 is 5.84 Å². The number of hydrogen-bond donors (Lipinski definition) is 3. The highest BCUT2D eigenvalue weighted by molar-refractivity contribution is 6.02. The lowest BCUT2D eigenvalue weighted by Crippen LogP contribution is -2.13. The molecule has 2 aromatic carbocycles. The number of nitrogens with one attached hydrogen (secondary N) is 3. The van der Waals surface area contributed by atoms with Crippen molar-refractivity contribution in [3.8, 4) is 11.1 Å². The second-order valence-electron chi connectivity index (χ2n) is 4.88. The van der Waals surface area contributed by atoms with Crippen LogP contribution in [0.3, 0.4) is 0 Å². The zero-order valence-corrected chi connectivity index (χ0v) is 12.2. The van der Waals surface area contributed by atoms with Gasteiger partial charge in [0.2, 0.25) is 0 Å². The smallest absolute Gasteiger partial charge is 0.174 e. The summed E-state index contributed by atoms with van der Waals surface area (Å²) >= 11 is 0. The van der Waals surface area contributed by atoms with E-state index in [2.05, 4.69) is 41.6 Å². The fraction of sp³-hybridized carbons (Fsp3) is 0.235. The lowest BCUT2D eigenvalue weighted by atomic mass is 9.98. The summed E-state index contributed by atoms with van der Waals surface area (Å²) in [5.74, 6) is -0.0145. The van der Waals surface area contributed by atoms with Gasteiger partial charge in [0.05, 0.1) is 0 Å². The number of rotatable bonds is 6. The summed E-state index contributed by atoms with van der Waals surface area (Å²) in [7, 11) is 0. The Labute approximate surface area is 125 Å². The molecule has 0 fully saturated rings. The summed E-state index contributed by atoms with van der Waals surface area (Å²) in [5.41, 5.74) is 10.9. The van der Waals surface area contributed by atoms with Gasteiger partial charge in [0, 0.05) is 12.1 Å². The number of nitrogens with zero attached hydrogens (tertiary/aromatic N) is 1. The van der Waals surface area contributed by atoms with Gasteiger partial charge >= 0.3 is 0 Å². The normalized spacial score (nSPS) is 10.3. The third-order valence-corrected chi connectivity index (χ3v) is 3.31. The fourth-order valence-electron chi connectivity index (χ4n) is 2.21. The second-order valence-corrected chi connectivity index (χ2v) is 4.88. The molecule has 3 N–H and O–H groups in total. The molecule has 0 amide bonds. The van der Waals surface area contributed by atoms with Gasteiger partial charge in [-0.3, -0.25) is 5.41 Å². The van der Waals surface area contributed by atoms with Crippen molar-refractivity contribution in [2.24, 2.45) is 5.11 Å². The van der Waals surface area contributed by atoms with E-state index >= 15 is 0 Å². The molecule has 0 spiro atoms. The first-order valence-corrected chi connectivity index (χ1v) is 7.11. The number of benzene rings is 2. The second kappa shape index (κ2) is 7.45. The minimum absolute atomic E-state index is 0.0145. The van der Waals surface area contributed by atoms with Crippen molar-refractivity contribution in [2.75, 3.05) is 6.54 Å². The summed E-state index contributed by atoms with van der Waals surface area (Å²) < 4.78 is 0. The first kappa shape index (κ1) is 15.1. The van der Waals surface area contributed by atoms with Crippen molar-refractivity contribution in [1.29, 1.82) is 10.9 Å². The van der Waals surface area contributed by atoms with Crippen LogP contribution in [0.1, 0.15) is 24.5 Å². The SMILES string of the molecule is CCCNCc1ccc(-c2ccccc2C(=N)N=N)cc1. The van der Waals surface area contributed by atoms with Gasteiger partial charge < -0.3 is 5.32 Å². The Balaban J connectivity index is 2.23. The van der Waals surface area contributed by atoms with Crippen LogP contribution in [-0.4, -0.2) is 12.4 Å². The van der Waals surface area contributed by atoms with Gasteiger partial charge in [-0.1, -0.05) is 55.5 Å². The largest absolute Gasteiger partial charge is 0.313 e. The molecule has 21 heavy (non-hydrogen) atoms. The van der Waals surface area contributed by atoms with Gasteiger partial charge in [-0.05, 0) is 29.7 Å². The van der Waals surface area contributed by atoms with E-state index in [-0.39, 0.29) is 5.84 Å². The molecule has 0 aliphatic rings. The van der Waals surface area contributed by atoms with Crippen LogP contribution in [0.25, 0.3) is 11.1 Å². The molecule has 0 aliphatic carbocycles. The maximum absolute atomic E-state index is 7.76. The van der Waals surface area contributed by atoms with Gasteiger partial charge in [-0.2, -0.15) is 0 Å². The van der Waals surface area contributed by atoms with E-state index in [1.165, 1.54) is 5.56 Å². The lowest BCUT2D eigenvalue weighted by Gasteiger charge is -2.09.